The van der Waals surface area contributed by atoms with Crippen LogP contribution in [0.4, 0.5) is 14.7 Å². The molecule has 0 radical (unpaired) electrons. The van der Waals surface area contributed by atoms with Crippen LogP contribution < -0.4 is 9.64 Å². The van der Waals surface area contributed by atoms with E-state index in [1.54, 1.807) is 17.0 Å². The highest BCUT2D eigenvalue weighted by molar-refractivity contribution is 5.94. The minimum Gasteiger partial charge on any atom is -0.438 e. The van der Waals surface area contributed by atoms with Crippen LogP contribution in [-0.2, 0) is 19.5 Å². The fourth-order valence-electron chi connectivity index (χ4n) is 4.15. The zero-order chi connectivity index (χ0) is 25.1. The molecule has 0 aliphatic carbocycles. The number of hydrogen-bond donors (Lipinski definition) is 0. The number of ether oxygens (including phenoxy) is 1. The molecule has 0 spiro atoms. The molecule has 1 aromatic heterocycles. The first-order valence-corrected chi connectivity index (χ1v) is 11.6. The van der Waals surface area contributed by atoms with Gasteiger partial charge in [0.1, 0.15) is 17.4 Å². The zero-order valence-electron chi connectivity index (χ0n) is 19.7. The second-order valence-corrected chi connectivity index (χ2v) is 8.64. The van der Waals surface area contributed by atoms with Crippen LogP contribution in [0.15, 0.2) is 78.9 Å². The minimum absolute atomic E-state index is 0.220. The van der Waals surface area contributed by atoms with E-state index in [1.165, 1.54) is 36.4 Å². The average molecular weight is 487 g/mol. The van der Waals surface area contributed by atoms with Crippen LogP contribution in [0.2, 0.25) is 0 Å². The summed E-state index contributed by atoms with van der Waals surface area (Å²) in [6, 6.07) is 21.3. The largest absolute Gasteiger partial charge is 0.438 e. The number of halogens is 2. The zero-order valence-corrected chi connectivity index (χ0v) is 19.7. The molecule has 5 rings (SSSR count). The summed E-state index contributed by atoms with van der Waals surface area (Å²) in [6.45, 7) is 1.26. The van der Waals surface area contributed by atoms with Crippen molar-refractivity contribution in [3.8, 4) is 11.6 Å². The van der Waals surface area contributed by atoms with Gasteiger partial charge >= 0.3 is 0 Å². The van der Waals surface area contributed by atoms with Gasteiger partial charge in [-0.05, 0) is 42.0 Å². The minimum atomic E-state index is -0.426. The van der Waals surface area contributed by atoms with Crippen molar-refractivity contribution in [2.24, 2.45) is 0 Å². The number of anilines is 1. The Labute approximate surface area is 207 Å². The fraction of sp³-hybridized carbons (Fsp3) is 0.179. The summed E-state index contributed by atoms with van der Waals surface area (Å²) in [6.07, 6.45) is 0.497. The number of amides is 1. The molecule has 0 atom stereocenters. The third-order valence-corrected chi connectivity index (χ3v) is 6.00. The van der Waals surface area contributed by atoms with Crippen molar-refractivity contribution in [3.05, 3.63) is 113 Å². The molecule has 1 amide bonds. The van der Waals surface area contributed by atoms with Gasteiger partial charge in [0.05, 0.1) is 17.8 Å². The van der Waals surface area contributed by atoms with Crippen LogP contribution in [0.3, 0.4) is 0 Å². The summed E-state index contributed by atoms with van der Waals surface area (Å²) in [5.74, 6) is 0.00318. The van der Waals surface area contributed by atoms with E-state index in [2.05, 4.69) is 4.98 Å². The Morgan fingerprint density at radius 3 is 2.50 bits per heavy atom. The van der Waals surface area contributed by atoms with Gasteiger partial charge < -0.3 is 14.5 Å². The predicted molar refractivity (Wildman–Crippen MR) is 132 cm³/mol. The second-order valence-electron chi connectivity index (χ2n) is 8.64. The molecule has 0 saturated heterocycles. The van der Waals surface area contributed by atoms with E-state index < -0.39 is 11.6 Å². The van der Waals surface area contributed by atoms with E-state index in [0.717, 1.165) is 11.3 Å². The van der Waals surface area contributed by atoms with E-state index in [9.17, 15) is 13.6 Å². The molecule has 1 aliphatic rings. The van der Waals surface area contributed by atoms with Gasteiger partial charge in [-0.2, -0.15) is 4.98 Å². The Balaban J connectivity index is 1.47. The predicted octanol–water partition coefficient (Wildman–Crippen LogP) is 5.38. The van der Waals surface area contributed by atoms with Crippen molar-refractivity contribution in [3.63, 3.8) is 0 Å². The Morgan fingerprint density at radius 2 is 1.75 bits per heavy atom. The topological polar surface area (TPSA) is 58.6 Å². The van der Waals surface area contributed by atoms with Crippen LogP contribution in [0.5, 0.6) is 11.6 Å². The molecule has 0 N–H and O–H groups in total. The first-order chi connectivity index (χ1) is 17.5. The van der Waals surface area contributed by atoms with E-state index in [-0.39, 0.29) is 18.3 Å². The number of benzene rings is 3. The van der Waals surface area contributed by atoms with Crippen LogP contribution in [0.25, 0.3) is 0 Å². The third kappa shape index (κ3) is 5.17. The van der Waals surface area contributed by atoms with Crippen molar-refractivity contribution >= 4 is 11.9 Å². The quantitative estimate of drug-likeness (QED) is 0.366. The molecule has 1 aliphatic heterocycles. The summed E-state index contributed by atoms with van der Waals surface area (Å²) in [7, 11) is 1.90. The molecule has 2 heterocycles. The molecule has 0 fully saturated rings. The summed E-state index contributed by atoms with van der Waals surface area (Å²) in [5, 5.41) is 0. The number of nitrogens with zero attached hydrogens (tertiary/aromatic N) is 4. The lowest BCUT2D eigenvalue weighted by Gasteiger charge is -2.30. The lowest BCUT2D eigenvalue weighted by atomic mass is 10.1. The van der Waals surface area contributed by atoms with Crippen LogP contribution in [0.1, 0.15) is 27.2 Å². The Kier molecular flexibility index (Phi) is 6.58. The smallest absolute Gasteiger partial charge is 0.254 e. The number of fused-ring (bicyclic) bond motifs is 1. The highest BCUT2D eigenvalue weighted by atomic mass is 19.1. The molecule has 36 heavy (non-hydrogen) atoms. The van der Waals surface area contributed by atoms with E-state index in [0.29, 0.717) is 42.3 Å². The molecule has 3 aromatic carbocycles. The van der Waals surface area contributed by atoms with Gasteiger partial charge in [0.2, 0.25) is 11.8 Å². The van der Waals surface area contributed by atoms with E-state index in [4.69, 9.17) is 9.72 Å². The Hall–Kier alpha value is -4.33. The van der Waals surface area contributed by atoms with Gasteiger partial charge in [0, 0.05) is 38.2 Å². The molecular formula is C28H24F2N4O2. The van der Waals surface area contributed by atoms with Gasteiger partial charge in [0.15, 0.2) is 0 Å². The van der Waals surface area contributed by atoms with Crippen LogP contribution in [0, 0.1) is 11.6 Å². The van der Waals surface area contributed by atoms with Gasteiger partial charge in [-0.3, -0.25) is 4.79 Å². The lowest BCUT2D eigenvalue weighted by Crippen LogP contribution is -2.37. The summed E-state index contributed by atoms with van der Waals surface area (Å²) >= 11 is 0. The summed E-state index contributed by atoms with van der Waals surface area (Å²) in [5.41, 5.74) is 2.94. The first kappa shape index (κ1) is 23.4. The standard InChI is InChI=1S/C28H24F2N4O2/c1-33(17-19-6-3-2-4-7-19)28-31-25-14-15-34(27(35)20-10-12-21(29)13-11-20)18-24(25)26(32-28)36-23-9-5-8-22(30)16-23/h2-13,16H,14-15,17-18H2,1H3. The SMILES string of the molecule is CN(Cc1ccccc1)c1nc2c(c(Oc3cccc(F)c3)n1)CN(C(=O)c1ccc(F)cc1)CC2. The Bertz CT molecular complexity index is 1380. The highest BCUT2D eigenvalue weighted by Gasteiger charge is 2.28. The van der Waals surface area contributed by atoms with Crippen molar-refractivity contribution in [2.45, 2.75) is 19.5 Å². The fourth-order valence-corrected chi connectivity index (χ4v) is 4.15. The van der Waals surface area contributed by atoms with Crippen molar-refractivity contribution in [1.82, 2.24) is 14.9 Å². The van der Waals surface area contributed by atoms with Gasteiger partial charge in [-0.25, -0.2) is 13.8 Å². The first-order valence-electron chi connectivity index (χ1n) is 11.6. The van der Waals surface area contributed by atoms with Gasteiger partial charge in [0.25, 0.3) is 5.91 Å². The Morgan fingerprint density at radius 1 is 0.972 bits per heavy atom. The van der Waals surface area contributed by atoms with Crippen LogP contribution >= 0.6 is 0 Å². The second kappa shape index (κ2) is 10.1. The number of carbonyl (C=O) groups is 1. The van der Waals surface area contributed by atoms with Crippen molar-refractivity contribution in [1.29, 1.82) is 0 Å². The maximum Gasteiger partial charge on any atom is 0.254 e. The summed E-state index contributed by atoms with van der Waals surface area (Å²) < 4.78 is 33.2. The normalized spacial score (nSPS) is 12.7. The van der Waals surface area contributed by atoms with Crippen molar-refractivity contribution < 1.29 is 18.3 Å². The lowest BCUT2D eigenvalue weighted by molar-refractivity contribution is 0.0732. The molecule has 0 unspecified atom stereocenters. The molecule has 6 nitrogen and oxygen atoms in total. The number of rotatable bonds is 6. The van der Waals surface area contributed by atoms with Gasteiger partial charge in [-0.15, -0.1) is 0 Å². The summed E-state index contributed by atoms with van der Waals surface area (Å²) in [4.78, 5) is 26.1. The number of aromatic nitrogens is 2. The third-order valence-electron chi connectivity index (χ3n) is 6.00. The molecule has 182 valence electrons. The van der Waals surface area contributed by atoms with Gasteiger partial charge in [-0.1, -0.05) is 36.4 Å². The molecular weight excluding hydrogens is 462 g/mol. The highest BCUT2D eigenvalue weighted by Crippen LogP contribution is 2.32. The molecule has 0 saturated carbocycles. The average Bonchev–Trinajstić information content (AvgIpc) is 2.89. The van der Waals surface area contributed by atoms with Crippen LogP contribution in [-0.4, -0.2) is 34.4 Å². The van der Waals surface area contributed by atoms with Crippen molar-refractivity contribution in [2.75, 3.05) is 18.5 Å². The molecule has 4 aromatic rings. The van der Waals surface area contributed by atoms with E-state index in [1.807, 2.05) is 42.3 Å². The monoisotopic (exact) mass is 486 g/mol. The van der Waals surface area contributed by atoms with E-state index >= 15 is 0 Å². The number of hydrogen-bond acceptors (Lipinski definition) is 5. The molecule has 8 heteroatoms. The maximum atomic E-state index is 13.8. The maximum absolute atomic E-state index is 13.8. The molecule has 0 bridgehead atoms. The number of carbonyl (C=O) groups excluding carboxylic acids is 1.